The van der Waals surface area contributed by atoms with Crippen molar-refractivity contribution in [1.29, 1.82) is 0 Å². The van der Waals surface area contributed by atoms with Crippen LogP contribution < -0.4 is 11.2 Å². The Bertz CT molecular complexity index is 409. The van der Waals surface area contributed by atoms with E-state index >= 15 is 0 Å². The number of morpholine rings is 1. The minimum atomic E-state index is -0.114. The third kappa shape index (κ3) is 3.30. The zero-order valence-corrected chi connectivity index (χ0v) is 11.2. The number of nitrogen functional groups attached to an aromatic ring is 1. The van der Waals surface area contributed by atoms with Gasteiger partial charge in [0.05, 0.1) is 13.2 Å². The number of anilines is 2. The number of hydrogen-bond donors (Lipinski definition) is 2. The number of nitrogens with zero attached hydrogens (tertiary/aromatic N) is 3. The number of rotatable bonds is 2. The van der Waals surface area contributed by atoms with Crippen LogP contribution in [0.4, 0.5) is 11.6 Å². The third-order valence-electron chi connectivity index (χ3n) is 2.70. The summed E-state index contributed by atoms with van der Waals surface area (Å²) in [7, 11) is 0. The third-order valence-corrected chi connectivity index (χ3v) is 2.70. The molecule has 1 aromatic heterocycles. The molecule has 6 heteroatoms. The summed E-state index contributed by atoms with van der Waals surface area (Å²) in [6, 6.07) is 1.75. The Hall–Kier alpha value is -1.40. The molecule has 0 radical (unpaired) electrons. The van der Waals surface area contributed by atoms with E-state index in [2.05, 4.69) is 41.2 Å². The highest BCUT2D eigenvalue weighted by molar-refractivity contribution is 5.44. The highest BCUT2D eigenvalue weighted by Gasteiger charge is 2.19. The van der Waals surface area contributed by atoms with Crippen LogP contribution in [0.5, 0.6) is 0 Å². The van der Waals surface area contributed by atoms with Crippen molar-refractivity contribution in [3.8, 4) is 0 Å². The van der Waals surface area contributed by atoms with Crippen molar-refractivity contribution in [2.45, 2.75) is 26.2 Å². The van der Waals surface area contributed by atoms with Crippen molar-refractivity contribution in [2.24, 2.45) is 0 Å². The van der Waals surface area contributed by atoms with E-state index in [9.17, 15) is 0 Å². The standard InChI is InChI=1S/C12H21N5O/c1-12(2,3)11-14-9(13)8-10(15-11)16-17-4-6-18-7-5-17/h8H,4-7H2,1-3H3,(H3,13,14,15,16). The molecule has 0 saturated carbocycles. The lowest BCUT2D eigenvalue weighted by molar-refractivity contribution is 0.0494. The molecule has 0 unspecified atom stereocenters. The van der Waals surface area contributed by atoms with Crippen LogP contribution in [0.1, 0.15) is 26.6 Å². The Labute approximate surface area is 108 Å². The average Bonchev–Trinajstić information content (AvgIpc) is 2.28. The van der Waals surface area contributed by atoms with Gasteiger partial charge in [0, 0.05) is 24.6 Å². The molecular formula is C12H21N5O. The second-order valence-corrected chi connectivity index (χ2v) is 5.46. The van der Waals surface area contributed by atoms with E-state index in [4.69, 9.17) is 10.5 Å². The summed E-state index contributed by atoms with van der Waals surface area (Å²) >= 11 is 0. The molecule has 6 nitrogen and oxygen atoms in total. The Morgan fingerprint density at radius 1 is 1.28 bits per heavy atom. The summed E-state index contributed by atoms with van der Waals surface area (Å²) < 4.78 is 5.30. The molecule has 0 amide bonds. The number of nitrogens with one attached hydrogen (secondary N) is 1. The van der Waals surface area contributed by atoms with Crippen molar-refractivity contribution in [2.75, 3.05) is 37.5 Å². The molecular weight excluding hydrogens is 230 g/mol. The predicted molar refractivity (Wildman–Crippen MR) is 71.2 cm³/mol. The highest BCUT2D eigenvalue weighted by Crippen LogP contribution is 2.21. The number of hydrogen-bond acceptors (Lipinski definition) is 6. The van der Waals surface area contributed by atoms with Gasteiger partial charge in [0.2, 0.25) is 0 Å². The van der Waals surface area contributed by atoms with Gasteiger partial charge in [-0.2, -0.15) is 0 Å². The minimum Gasteiger partial charge on any atom is -0.384 e. The van der Waals surface area contributed by atoms with Gasteiger partial charge in [0.1, 0.15) is 17.5 Å². The van der Waals surface area contributed by atoms with Crippen molar-refractivity contribution in [3.63, 3.8) is 0 Å². The van der Waals surface area contributed by atoms with E-state index < -0.39 is 0 Å². The quantitative estimate of drug-likeness (QED) is 0.817. The first kappa shape index (κ1) is 13.0. The lowest BCUT2D eigenvalue weighted by Crippen LogP contribution is -2.40. The average molecular weight is 251 g/mol. The van der Waals surface area contributed by atoms with Crippen molar-refractivity contribution >= 4 is 11.6 Å². The first-order valence-electron chi connectivity index (χ1n) is 6.19. The first-order chi connectivity index (χ1) is 8.45. The molecule has 18 heavy (non-hydrogen) atoms. The van der Waals surface area contributed by atoms with E-state index in [1.54, 1.807) is 6.07 Å². The Balaban J connectivity index is 2.14. The van der Waals surface area contributed by atoms with Crippen molar-refractivity contribution < 1.29 is 4.74 Å². The highest BCUT2D eigenvalue weighted by atomic mass is 16.5. The maximum absolute atomic E-state index is 5.83. The summed E-state index contributed by atoms with van der Waals surface area (Å²) in [5.41, 5.74) is 8.97. The molecule has 2 heterocycles. The normalized spacial score (nSPS) is 17.7. The molecule has 1 aliphatic heterocycles. The number of aromatic nitrogens is 2. The molecule has 0 spiro atoms. The van der Waals surface area contributed by atoms with Gasteiger partial charge < -0.3 is 15.9 Å². The van der Waals surface area contributed by atoms with Crippen molar-refractivity contribution in [3.05, 3.63) is 11.9 Å². The van der Waals surface area contributed by atoms with Gasteiger partial charge in [-0.05, 0) is 0 Å². The van der Waals surface area contributed by atoms with Crippen LogP contribution in [0.25, 0.3) is 0 Å². The molecule has 1 fully saturated rings. The summed E-state index contributed by atoms with van der Waals surface area (Å²) in [5.74, 6) is 1.98. The van der Waals surface area contributed by atoms with Crippen LogP contribution in [-0.4, -0.2) is 41.3 Å². The molecule has 2 rings (SSSR count). The molecule has 0 aliphatic carbocycles. The second kappa shape index (κ2) is 5.07. The summed E-state index contributed by atoms with van der Waals surface area (Å²) in [6.07, 6.45) is 0. The Morgan fingerprint density at radius 2 is 1.94 bits per heavy atom. The second-order valence-electron chi connectivity index (χ2n) is 5.46. The van der Waals surface area contributed by atoms with Gasteiger partial charge in [0.15, 0.2) is 0 Å². The zero-order chi connectivity index (χ0) is 13.2. The summed E-state index contributed by atoms with van der Waals surface area (Å²) in [5, 5.41) is 2.08. The molecule has 0 aromatic carbocycles. The van der Waals surface area contributed by atoms with Crippen molar-refractivity contribution in [1.82, 2.24) is 15.0 Å². The van der Waals surface area contributed by atoms with Crippen LogP contribution >= 0.6 is 0 Å². The van der Waals surface area contributed by atoms with Gasteiger partial charge in [0.25, 0.3) is 0 Å². The minimum absolute atomic E-state index is 0.114. The SMILES string of the molecule is CC(C)(C)c1nc(N)cc(NN2CCOCC2)n1. The molecule has 100 valence electrons. The fourth-order valence-corrected chi connectivity index (χ4v) is 1.70. The van der Waals surface area contributed by atoms with E-state index in [-0.39, 0.29) is 5.41 Å². The van der Waals surface area contributed by atoms with E-state index in [0.29, 0.717) is 5.82 Å². The topological polar surface area (TPSA) is 76.3 Å². The number of hydrazine groups is 1. The lowest BCUT2D eigenvalue weighted by Gasteiger charge is -2.28. The molecule has 0 bridgehead atoms. The van der Waals surface area contributed by atoms with Gasteiger partial charge in [-0.1, -0.05) is 20.8 Å². The van der Waals surface area contributed by atoms with Crippen LogP contribution in [0.3, 0.4) is 0 Å². The monoisotopic (exact) mass is 251 g/mol. The van der Waals surface area contributed by atoms with E-state index in [0.717, 1.165) is 37.9 Å². The fraction of sp³-hybridized carbons (Fsp3) is 0.667. The fourth-order valence-electron chi connectivity index (χ4n) is 1.70. The van der Waals surface area contributed by atoms with Gasteiger partial charge in [-0.25, -0.2) is 15.0 Å². The summed E-state index contributed by atoms with van der Waals surface area (Å²) in [4.78, 5) is 8.80. The van der Waals surface area contributed by atoms with Gasteiger partial charge >= 0.3 is 0 Å². The van der Waals surface area contributed by atoms with Crippen LogP contribution in [0, 0.1) is 0 Å². The van der Waals surface area contributed by atoms with Gasteiger partial charge in [-0.3, -0.25) is 0 Å². The van der Waals surface area contributed by atoms with Crippen LogP contribution in [0.2, 0.25) is 0 Å². The van der Waals surface area contributed by atoms with E-state index in [1.807, 2.05) is 0 Å². The Kier molecular flexibility index (Phi) is 3.68. The Morgan fingerprint density at radius 3 is 2.56 bits per heavy atom. The van der Waals surface area contributed by atoms with Crippen LogP contribution in [-0.2, 0) is 10.2 Å². The number of nitrogens with two attached hydrogens (primary N) is 1. The molecule has 0 atom stereocenters. The maximum atomic E-state index is 5.83. The predicted octanol–water partition coefficient (Wildman–Crippen LogP) is 1.02. The summed E-state index contributed by atoms with van der Waals surface area (Å²) in [6.45, 7) is 9.36. The van der Waals surface area contributed by atoms with E-state index in [1.165, 1.54) is 0 Å². The molecule has 1 aromatic rings. The van der Waals surface area contributed by atoms with Crippen LogP contribution in [0.15, 0.2) is 6.07 Å². The molecule has 1 saturated heterocycles. The lowest BCUT2D eigenvalue weighted by atomic mass is 9.96. The van der Waals surface area contributed by atoms with Gasteiger partial charge in [-0.15, -0.1) is 0 Å². The molecule has 1 aliphatic rings. The first-order valence-corrected chi connectivity index (χ1v) is 6.19. The number of ether oxygens (including phenoxy) is 1. The largest absolute Gasteiger partial charge is 0.384 e. The molecule has 3 N–H and O–H groups in total. The smallest absolute Gasteiger partial charge is 0.146 e. The maximum Gasteiger partial charge on any atom is 0.146 e. The zero-order valence-electron chi connectivity index (χ0n) is 11.2.